The van der Waals surface area contributed by atoms with E-state index in [4.69, 9.17) is 4.74 Å². The Bertz CT molecular complexity index is 1080. The van der Waals surface area contributed by atoms with Gasteiger partial charge in [-0.3, -0.25) is 9.59 Å². The van der Waals surface area contributed by atoms with E-state index in [1.807, 2.05) is 30.3 Å². The summed E-state index contributed by atoms with van der Waals surface area (Å²) in [6, 6.07) is 19.2. The van der Waals surface area contributed by atoms with Crippen molar-refractivity contribution in [1.29, 1.82) is 0 Å². The molecule has 132 valence electrons. The van der Waals surface area contributed by atoms with Gasteiger partial charge in [0.15, 0.2) is 11.6 Å². The minimum Gasteiger partial charge on any atom is -0.507 e. The summed E-state index contributed by atoms with van der Waals surface area (Å²) in [6.07, 6.45) is 0. The van der Waals surface area contributed by atoms with Gasteiger partial charge >= 0.3 is 0 Å². The predicted octanol–water partition coefficient (Wildman–Crippen LogP) is 4.36. The van der Waals surface area contributed by atoms with Crippen LogP contribution in [-0.4, -0.2) is 16.7 Å². The Morgan fingerprint density at radius 1 is 0.815 bits per heavy atom. The lowest BCUT2D eigenvalue weighted by Crippen LogP contribution is -2.21. The van der Waals surface area contributed by atoms with Crippen LogP contribution < -0.4 is 0 Å². The van der Waals surface area contributed by atoms with Crippen LogP contribution in [0.5, 0.6) is 5.75 Å². The average molecular weight is 356 g/mol. The second-order valence-corrected chi connectivity index (χ2v) is 6.28. The molecule has 0 fully saturated rings. The Hall–Kier alpha value is -3.66. The van der Waals surface area contributed by atoms with E-state index >= 15 is 0 Å². The molecule has 1 aliphatic carbocycles. The number of ketones is 2. The third kappa shape index (κ3) is 2.81. The lowest BCUT2D eigenvalue weighted by molar-refractivity contribution is 0.0976. The Labute approximate surface area is 156 Å². The third-order valence-electron chi connectivity index (χ3n) is 4.65. The second-order valence-electron chi connectivity index (χ2n) is 6.28. The maximum absolute atomic E-state index is 12.8. The number of rotatable bonds is 4. The van der Waals surface area contributed by atoms with Crippen LogP contribution in [-0.2, 0) is 11.3 Å². The maximum atomic E-state index is 12.8. The van der Waals surface area contributed by atoms with Crippen molar-refractivity contribution in [2.24, 2.45) is 0 Å². The van der Waals surface area contributed by atoms with E-state index in [2.05, 4.69) is 6.58 Å². The monoisotopic (exact) mass is 356 g/mol. The SMILES string of the molecule is C=C(OCc1ccc2c(c1O)C(=O)c1ccccc1C2=O)c1ccccc1. The first kappa shape index (κ1) is 16.8. The second kappa shape index (κ2) is 6.57. The van der Waals surface area contributed by atoms with Gasteiger partial charge in [-0.25, -0.2) is 0 Å². The molecule has 0 amide bonds. The van der Waals surface area contributed by atoms with Gasteiger partial charge in [-0.2, -0.15) is 0 Å². The first-order valence-electron chi connectivity index (χ1n) is 8.48. The summed E-state index contributed by atoms with van der Waals surface area (Å²) in [4.78, 5) is 25.5. The standard InChI is InChI=1S/C23H16O4/c1-14(15-7-3-2-4-8-15)27-13-16-11-12-19-20(21(16)24)23(26)18-10-6-5-9-17(18)22(19)25/h2-12,24H,1,13H2. The van der Waals surface area contributed by atoms with Crippen LogP contribution in [0.1, 0.15) is 43.0 Å². The summed E-state index contributed by atoms with van der Waals surface area (Å²) in [5.41, 5.74) is 2.15. The fraction of sp³-hybridized carbons (Fsp3) is 0.0435. The largest absolute Gasteiger partial charge is 0.507 e. The molecule has 3 aromatic rings. The number of hydrogen-bond acceptors (Lipinski definition) is 4. The van der Waals surface area contributed by atoms with Crippen molar-refractivity contribution >= 4 is 17.3 Å². The van der Waals surface area contributed by atoms with Crippen molar-refractivity contribution in [1.82, 2.24) is 0 Å². The Kier molecular flexibility index (Phi) is 4.09. The van der Waals surface area contributed by atoms with Gasteiger partial charge < -0.3 is 9.84 Å². The molecule has 4 rings (SSSR count). The summed E-state index contributed by atoms with van der Waals surface area (Å²) >= 11 is 0. The van der Waals surface area contributed by atoms with Gasteiger partial charge in [0.1, 0.15) is 18.1 Å². The van der Waals surface area contributed by atoms with Crippen LogP contribution in [0.4, 0.5) is 0 Å². The van der Waals surface area contributed by atoms with Gasteiger partial charge in [0.25, 0.3) is 0 Å². The van der Waals surface area contributed by atoms with Crippen LogP contribution in [0.25, 0.3) is 5.76 Å². The van der Waals surface area contributed by atoms with E-state index in [-0.39, 0.29) is 35.0 Å². The Balaban J connectivity index is 1.65. The number of carbonyl (C=O) groups is 2. The zero-order chi connectivity index (χ0) is 19.0. The number of phenolic OH excluding ortho intramolecular Hbond substituents is 1. The summed E-state index contributed by atoms with van der Waals surface area (Å²) in [7, 11) is 0. The zero-order valence-corrected chi connectivity index (χ0v) is 14.4. The number of benzene rings is 3. The molecule has 4 heteroatoms. The number of ether oxygens (including phenoxy) is 1. The van der Waals surface area contributed by atoms with Crippen LogP contribution in [0.3, 0.4) is 0 Å². The molecular formula is C23H16O4. The quantitative estimate of drug-likeness (QED) is 0.552. The molecule has 1 N–H and O–H groups in total. The van der Waals surface area contributed by atoms with E-state index in [0.29, 0.717) is 22.4 Å². The predicted molar refractivity (Wildman–Crippen MR) is 102 cm³/mol. The van der Waals surface area contributed by atoms with Crippen molar-refractivity contribution in [3.05, 3.63) is 107 Å². The molecule has 0 saturated heterocycles. The van der Waals surface area contributed by atoms with Gasteiger partial charge in [0.2, 0.25) is 0 Å². The molecule has 1 aliphatic rings. The molecule has 0 aromatic heterocycles. The fourth-order valence-corrected chi connectivity index (χ4v) is 3.20. The van der Waals surface area contributed by atoms with Crippen molar-refractivity contribution in [2.75, 3.05) is 0 Å². The van der Waals surface area contributed by atoms with E-state index in [9.17, 15) is 14.7 Å². The van der Waals surface area contributed by atoms with E-state index < -0.39 is 0 Å². The van der Waals surface area contributed by atoms with Crippen molar-refractivity contribution in [3.63, 3.8) is 0 Å². The van der Waals surface area contributed by atoms with Gasteiger partial charge in [-0.05, 0) is 6.07 Å². The molecule has 0 unspecified atom stereocenters. The number of carbonyl (C=O) groups excluding carboxylic acids is 2. The van der Waals surface area contributed by atoms with Crippen molar-refractivity contribution < 1.29 is 19.4 Å². The van der Waals surface area contributed by atoms with Crippen molar-refractivity contribution in [2.45, 2.75) is 6.61 Å². The van der Waals surface area contributed by atoms with Gasteiger partial charge in [-0.1, -0.05) is 67.2 Å². The van der Waals surface area contributed by atoms with E-state index in [1.165, 1.54) is 0 Å². The lowest BCUT2D eigenvalue weighted by atomic mass is 9.83. The number of aromatic hydroxyl groups is 1. The summed E-state index contributed by atoms with van der Waals surface area (Å²) in [6.45, 7) is 3.93. The van der Waals surface area contributed by atoms with Crippen LogP contribution >= 0.6 is 0 Å². The molecule has 0 radical (unpaired) electrons. The highest BCUT2D eigenvalue weighted by Gasteiger charge is 2.32. The number of phenols is 1. The number of fused-ring (bicyclic) bond motifs is 2. The van der Waals surface area contributed by atoms with Gasteiger partial charge in [0, 0.05) is 27.8 Å². The average Bonchev–Trinajstić information content (AvgIpc) is 2.71. The van der Waals surface area contributed by atoms with Gasteiger partial charge in [0.05, 0.1) is 5.56 Å². The molecule has 0 aliphatic heterocycles. The fourth-order valence-electron chi connectivity index (χ4n) is 3.20. The van der Waals surface area contributed by atoms with Crippen LogP contribution in [0.15, 0.2) is 73.3 Å². The lowest BCUT2D eigenvalue weighted by Gasteiger charge is -2.20. The minimum atomic E-state index is -0.360. The highest BCUT2D eigenvalue weighted by molar-refractivity contribution is 6.29. The number of hydrogen-bond donors (Lipinski definition) is 1. The molecule has 3 aromatic carbocycles. The Morgan fingerprint density at radius 3 is 2.15 bits per heavy atom. The smallest absolute Gasteiger partial charge is 0.198 e. The molecule has 0 spiro atoms. The maximum Gasteiger partial charge on any atom is 0.198 e. The molecule has 27 heavy (non-hydrogen) atoms. The molecule has 4 nitrogen and oxygen atoms in total. The molecule has 0 saturated carbocycles. The summed E-state index contributed by atoms with van der Waals surface area (Å²) in [5, 5.41) is 10.6. The summed E-state index contributed by atoms with van der Waals surface area (Å²) < 4.78 is 5.67. The normalized spacial score (nSPS) is 12.3. The van der Waals surface area contributed by atoms with Crippen LogP contribution in [0.2, 0.25) is 0 Å². The first-order valence-corrected chi connectivity index (χ1v) is 8.48. The van der Waals surface area contributed by atoms with E-state index in [1.54, 1.807) is 36.4 Å². The van der Waals surface area contributed by atoms with E-state index in [0.717, 1.165) is 5.56 Å². The topological polar surface area (TPSA) is 63.6 Å². The van der Waals surface area contributed by atoms with Crippen molar-refractivity contribution in [3.8, 4) is 5.75 Å². The summed E-state index contributed by atoms with van der Waals surface area (Å²) in [5.74, 6) is -0.389. The molecule has 0 atom stereocenters. The molecule has 0 heterocycles. The third-order valence-corrected chi connectivity index (χ3v) is 4.65. The van der Waals surface area contributed by atoms with Crippen LogP contribution in [0, 0.1) is 0 Å². The highest BCUT2D eigenvalue weighted by atomic mass is 16.5. The minimum absolute atomic E-state index is 0.0325. The Morgan fingerprint density at radius 2 is 1.44 bits per heavy atom. The molecular weight excluding hydrogens is 340 g/mol. The first-order chi connectivity index (χ1) is 13.1. The zero-order valence-electron chi connectivity index (χ0n) is 14.4. The molecule has 0 bridgehead atoms. The van der Waals surface area contributed by atoms with Gasteiger partial charge in [-0.15, -0.1) is 0 Å². The highest BCUT2D eigenvalue weighted by Crippen LogP contribution is 2.35.